The smallest absolute Gasteiger partial charge is 0.225 e. The predicted octanol–water partition coefficient (Wildman–Crippen LogP) is 1.00. The van der Waals surface area contributed by atoms with Crippen LogP contribution in [0.2, 0.25) is 0 Å². The van der Waals surface area contributed by atoms with Crippen molar-refractivity contribution < 1.29 is 14.0 Å². The van der Waals surface area contributed by atoms with Gasteiger partial charge in [0.05, 0.1) is 11.3 Å². The van der Waals surface area contributed by atoms with Gasteiger partial charge < -0.3 is 11.1 Å². The molecule has 0 saturated carbocycles. The van der Waals surface area contributed by atoms with Crippen LogP contribution in [0.3, 0.4) is 0 Å². The van der Waals surface area contributed by atoms with Gasteiger partial charge in [-0.3, -0.25) is 9.59 Å². The predicted molar refractivity (Wildman–Crippen MR) is 60.7 cm³/mol. The summed E-state index contributed by atoms with van der Waals surface area (Å²) in [6.07, 6.45) is 4.78. The van der Waals surface area contributed by atoms with Crippen LogP contribution in [-0.2, 0) is 4.79 Å². The number of nitrogens with one attached hydrogen (secondary N) is 1. The van der Waals surface area contributed by atoms with E-state index < -0.39 is 5.95 Å². The molecule has 0 atom stereocenters. The highest BCUT2D eigenvalue weighted by Gasteiger charge is 2.04. The van der Waals surface area contributed by atoms with Crippen molar-refractivity contribution in [3.8, 4) is 0 Å². The van der Waals surface area contributed by atoms with Gasteiger partial charge in [-0.2, -0.15) is 4.39 Å². The maximum atomic E-state index is 13.1. The standard InChI is InChI=1S/C11H10FN3O2/c12-11-8(7-17)3-4-10(15-11)14-9(6-13)2-1-5-16/h1-7H,13H2,(H,14,15)/b2-1-,9-6+. The van der Waals surface area contributed by atoms with Crippen molar-refractivity contribution in [2.45, 2.75) is 0 Å². The summed E-state index contributed by atoms with van der Waals surface area (Å²) in [5.74, 6) is -0.693. The Balaban J connectivity index is 2.88. The van der Waals surface area contributed by atoms with Gasteiger partial charge in [0, 0.05) is 6.20 Å². The van der Waals surface area contributed by atoms with Crippen molar-refractivity contribution in [1.82, 2.24) is 4.98 Å². The van der Waals surface area contributed by atoms with Gasteiger partial charge in [0.15, 0.2) is 6.29 Å². The molecule has 88 valence electrons. The molecule has 0 amide bonds. The highest BCUT2D eigenvalue weighted by molar-refractivity contribution is 5.75. The van der Waals surface area contributed by atoms with Crippen LogP contribution in [0.15, 0.2) is 36.2 Å². The average molecular weight is 235 g/mol. The second-order valence-corrected chi connectivity index (χ2v) is 2.94. The normalized spacial score (nSPS) is 11.5. The zero-order valence-electron chi connectivity index (χ0n) is 8.76. The first-order chi connectivity index (χ1) is 8.21. The van der Waals surface area contributed by atoms with Gasteiger partial charge in [-0.05, 0) is 24.3 Å². The lowest BCUT2D eigenvalue weighted by Crippen LogP contribution is -2.04. The van der Waals surface area contributed by atoms with Crippen LogP contribution in [0.5, 0.6) is 0 Å². The molecule has 1 rings (SSSR count). The van der Waals surface area contributed by atoms with Crippen LogP contribution in [0.25, 0.3) is 0 Å². The monoisotopic (exact) mass is 235 g/mol. The fourth-order valence-corrected chi connectivity index (χ4v) is 1.03. The third-order valence-corrected chi connectivity index (χ3v) is 1.81. The lowest BCUT2D eigenvalue weighted by atomic mass is 10.3. The number of nitrogens with zero attached hydrogens (tertiary/aromatic N) is 1. The number of carbonyl (C=O) groups excluding carboxylic acids is 2. The third kappa shape index (κ3) is 3.53. The number of nitrogens with two attached hydrogens (primary N) is 1. The van der Waals surface area contributed by atoms with Crippen molar-refractivity contribution >= 4 is 18.4 Å². The molecule has 1 aromatic rings. The van der Waals surface area contributed by atoms with Gasteiger partial charge in [-0.15, -0.1) is 0 Å². The van der Waals surface area contributed by atoms with E-state index in [4.69, 9.17) is 5.73 Å². The molecule has 6 heteroatoms. The molecule has 0 bridgehead atoms. The number of rotatable bonds is 5. The van der Waals surface area contributed by atoms with Gasteiger partial charge >= 0.3 is 0 Å². The van der Waals surface area contributed by atoms with E-state index in [1.165, 1.54) is 30.5 Å². The molecular weight excluding hydrogens is 225 g/mol. The number of aldehydes is 2. The largest absolute Gasteiger partial charge is 0.403 e. The zero-order chi connectivity index (χ0) is 12.7. The van der Waals surface area contributed by atoms with Crippen molar-refractivity contribution in [1.29, 1.82) is 0 Å². The summed E-state index contributed by atoms with van der Waals surface area (Å²) in [5.41, 5.74) is 5.54. The molecule has 0 aromatic carbocycles. The first kappa shape index (κ1) is 12.6. The number of halogens is 1. The molecule has 0 aliphatic rings. The van der Waals surface area contributed by atoms with Crippen molar-refractivity contribution in [2.24, 2.45) is 5.73 Å². The van der Waals surface area contributed by atoms with Gasteiger partial charge in [0.25, 0.3) is 0 Å². The number of carbonyl (C=O) groups is 2. The molecule has 0 spiro atoms. The number of aromatic nitrogens is 1. The second-order valence-electron chi connectivity index (χ2n) is 2.94. The van der Waals surface area contributed by atoms with Crippen LogP contribution >= 0.6 is 0 Å². The summed E-state index contributed by atoms with van der Waals surface area (Å²) in [4.78, 5) is 24.0. The van der Waals surface area contributed by atoms with E-state index in [0.29, 0.717) is 18.3 Å². The molecule has 1 heterocycles. The van der Waals surface area contributed by atoms with Gasteiger partial charge in [0.1, 0.15) is 12.1 Å². The maximum absolute atomic E-state index is 13.1. The van der Waals surface area contributed by atoms with Crippen LogP contribution < -0.4 is 11.1 Å². The summed E-state index contributed by atoms with van der Waals surface area (Å²) in [5, 5.41) is 2.68. The molecule has 5 nitrogen and oxygen atoms in total. The van der Waals surface area contributed by atoms with Crippen molar-refractivity contribution in [2.75, 3.05) is 5.32 Å². The lowest BCUT2D eigenvalue weighted by Gasteiger charge is -2.05. The highest BCUT2D eigenvalue weighted by Crippen LogP contribution is 2.10. The number of pyridine rings is 1. The Kier molecular flexibility index (Phi) is 4.56. The summed E-state index contributed by atoms with van der Waals surface area (Å²) in [6.45, 7) is 0. The first-order valence-electron chi connectivity index (χ1n) is 4.63. The van der Waals surface area contributed by atoms with E-state index >= 15 is 0 Å². The summed E-state index contributed by atoms with van der Waals surface area (Å²) in [7, 11) is 0. The summed E-state index contributed by atoms with van der Waals surface area (Å²) < 4.78 is 13.1. The lowest BCUT2D eigenvalue weighted by molar-refractivity contribution is -0.104. The first-order valence-corrected chi connectivity index (χ1v) is 4.63. The topological polar surface area (TPSA) is 85.1 Å². The summed E-state index contributed by atoms with van der Waals surface area (Å²) >= 11 is 0. The number of hydrogen-bond acceptors (Lipinski definition) is 5. The Hall–Kier alpha value is -2.50. The number of allylic oxidation sites excluding steroid dienone is 2. The van der Waals surface area contributed by atoms with E-state index in [1.54, 1.807) is 0 Å². The highest BCUT2D eigenvalue weighted by atomic mass is 19.1. The van der Waals surface area contributed by atoms with Crippen LogP contribution in [0.1, 0.15) is 10.4 Å². The average Bonchev–Trinajstić information content (AvgIpc) is 2.34. The van der Waals surface area contributed by atoms with Crippen molar-refractivity contribution in [3.63, 3.8) is 0 Å². The Morgan fingerprint density at radius 1 is 1.41 bits per heavy atom. The van der Waals surface area contributed by atoms with E-state index in [2.05, 4.69) is 10.3 Å². The molecule has 0 unspecified atom stereocenters. The molecule has 1 aromatic heterocycles. The number of anilines is 1. The minimum atomic E-state index is -0.874. The Labute approximate surface area is 96.8 Å². The third-order valence-electron chi connectivity index (χ3n) is 1.81. The van der Waals surface area contributed by atoms with Gasteiger partial charge in [-0.1, -0.05) is 0 Å². The van der Waals surface area contributed by atoms with E-state index in [1.807, 2.05) is 0 Å². The quantitative estimate of drug-likeness (QED) is 0.344. The molecular formula is C11H10FN3O2. The Bertz CT molecular complexity index is 484. The second kappa shape index (κ2) is 6.16. The van der Waals surface area contributed by atoms with Crippen molar-refractivity contribution in [3.05, 3.63) is 47.7 Å². The van der Waals surface area contributed by atoms with Gasteiger partial charge in [-0.25, -0.2) is 4.98 Å². The SMILES string of the molecule is N/C=C(\C=C/C=O)Nc1ccc(C=O)c(F)n1. The van der Waals surface area contributed by atoms with E-state index in [0.717, 1.165) is 0 Å². The zero-order valence-corrected chi connectivity index (χ0v) is 8.76. The molecule has 0 aliphatic carbocycles. The fourth-order valence-electron chi connectivity index (χ4n) is 1.03. The minimum Gasteiger partial charge on any atom is -0.403 e. The molecule has 3 N–H and O–H groups in total. The van der Waals surface area contributed by atoms with E-state index in [-0.39, 0.29) is 11.4 Å². The maximum Gasteiger partial charge on any atom is 0.225 e. The Morgan fingerprint density at radius 3 is 2.71 bits per heavy atom. The number of hydrogen-bond donors (Lipinski definition) is 2. The minimum absolute atomic E-state index is 0.128. The van der Waals surface area contributed by atoms with Gasteiger partial charge in [0.2, 0.25) is 5.95 Å². The van der Waals surface area contributed by atoms with E-state index in [9.17, 15) is 14.0 Å². The molecule has 0 aliphatic heterocycles. The fraction of sp³-hybridized carbons (Fsp3) is 0. The van der Waals surface area contributed by atoms with Crippen LogP contribution in [-0.4, -0.2) is 17.6 Å². The van der Waals surface area contributed by atoms with Crippen LogP contribution in [0.4, 0.5) is 10.2 Å². The molecule has 17 heavy (non-hydrogen) atoms. The van der Waals surface area contributed by atoms with Crippen LogP contribution in [0, 0.1) is 5.95 Å². The molecule has 0 fully saturated rings. The summed E-state index contributed by atoms with van der Waals surface area (Å²) in [6, 6.07) is 2.71. The molecule has 0 saturated heterocycles. The Morgan fingerprint density at radius 2 is 2.18 bits per heavy atom. The molecule has 0 radical (unpaired) electrons.